The minimum atomic E-state index is -0.475. The molecule has 0 unspecified atom stereocenters. The van der Waals surface area contributed by atoms with E-state index in [4.69, 9.17) is 0 Å². The number of benzene rings is 1. The number of carbonyl (C=O) groups is 1. The van der Waals surface area contributed by atoms with Crippen molar-refractivity contribution in [2.45, 2.75) is 31.2 Å². The van der Waals surface area contributed by atoms with Gasteiger partial charge in [-0.05, 0) is 23.6 Å². The van der Waals surface area contributed by atoms with Crippen molar-refractivity contribution in [2.75, 3.05) is 11.1 Å². The molecule has 1 aromatic carbocycles. The second-order valence-corrected chi connectivity index (χ2v) is 6.30. The minimum absolute atomic E-state index is 0.0867. The van der Waals surface area contributed by atoms with Gasteiger partial charge < -0.3 is 14.9 Å². The van der Waals surface area contributed by atoms with Crippen LogP contribution >= 0.6 is 11.8 Å². The van der Waals surface area contributed by atoms with Crippen LogP contribution in [0.1, 0.15) is 31.7 Å². The first-order valence-corrected chi connectivity index (χ1v) is 8.01. The number of rotatable bonds is 6. The van der Waals surface area contributed by atoms with E-state index in [0.717, 1.165) is 5.69 Å². The molecular weight excluding hydrogens is 302 g/mol. The first-order valence-electron chi connectivity index (χ1n) is 7.03. The zero-order chi connectivity index (χ0) is 16.1. The van der Waals surface area contributed by atoms with E-state index >= 15 is 0 Å². The molecule has 1 N–H and O–H groups in total. The molecule has 0 aliphatic carbocycles. The molecule has 1 heterocycles. The molecule has 0 saturated carbocycles. The molecule has 0 aliphatic rings. The van der Waals surface area contributed by atoms with E-state index in [1.54, 1.807) is 7.05 Å². The topological polar surface area (TPSA) is 82.1 Å². The molecule has 118 valence electrons. The summed E-state index contributed by atoms with van der Waals surface area (Å²) >= 11 is 1.26. The molecule has 2 aromatic rings. The molecule has 0 bridgehead atoms. The Morgan fingerprint density at radius 3 is 2.64 bits per heavy atom. The zero-order valence-corrected chi connectivity index (χ0v) is 13.6. The highest BCUT2D eigenvalue weighted by Gasteiger charge is 2.14. The van der Waals surface area contributed by atoms with E-state index in [-0.39, 0.29) is 5.91 Å². The number of carbonyl (C=O) groups excluding carboxylic acids is 1. The molecule has 0 fully saturated rings. The van der Waals surface area contributed by atoms with Crippen LogP contribution in [0, 0.1) is 0 Å². The average Bonchev–Trinajstić information content (AvgIpc) is 2.79. The third kappa shape index (κ3) is 4.24. The largest absolute Gasteiger partial charge is 0.538 e. The molecule has 1 aromatic heterocycles. The lowest BCUT2D eigenvalue weighted by Gasteiger charge is -2.08. The molecule has 0 spiro atoms. The van der Waals surface area contributed by atoms with Gasteiger partial charge in [-0.15, -0.1) is 0 Å². The third-order valence-electron chi connectivity index (χ3n) is 3.14. The Morgan fingerprint density at radius 1 is 1.41 bits per heavy atom. The van der Waals surface area contributed by atoms with Gasteiger partial charge in [-0.2, -0.15) is 0 Å². The summed E-state index contributed by atoms with van der Waals surface area (Å²) in [4.78, 5) is 11.9. The average molecular weight is 321 g/mol. The predicted molar refractivity (Wildman–Crippen MR) is 81.6 cm³/mol. The Labute approximate surface area is 133 Å². The van der Waals surface area contributed by atoms with Crippen molar-refractivity contribution in [2.24, 2.45) is 7.05 Å². The summed E-state index contributed by atoms with van der Waals surface area (Å²) < 4.78 is 5.89. The normalized spacial score (nSPS) is 10.9. The van der Waals surface area contributed by atoms with E-state index < -0.39 is 5.95 Å². The van der Waals surface area contributed by atoms with Crippen molar-refractivity contribution >= 4 is 23.4 Å². The van der Waals surface area contributed by atoms with E-state index in [2.05, 4.69) is 29.0 Å². The standard InChI is InChI=1S/C15H19N3O3S/c1-10(2)11-4-6-12(7-5-11)16-13(19)8-9-22-14-15(20)21-17-18(14)3/h4-7,10H,8-9H2,1-3H3,(H-,16,17,19,20). The van der Waals surface area contributed by atoms with Crippen LogP contribution in [0.2, 0.25) is 0 Å². The Bertz CT molecular complexity index is 618. The zero-order valence-electron chi connectivity index (χ0n) is 12.8. The van der Waals surface area contributed by atoms with Crippen molar-refractivity contribution in [3.8, 4) is 5.95 Å². The minimum Gasteiger partial charge on any atom is -0.538 e. The van der Waals surface area contributed by atoms with Gasteiger partial charge >= 0.3 is 0 Å². The van der Waals surface area contributed by atoms with E-state index in [1.807, 2.05) is 24.3 Å². The fourth-order valence-electron chi connectivity index (χ4n) is 1.87. The molecule has 6 nitrogen and oxygen atoms in total. The number of aromatic nitrogens is 2. The molecule has 2 rings (SSSR count). The second kappa shape index (κ2) is 7.31. The fraction of sp³-hybridized carbons (Fsp3) is 0.400. The molecule has 0 aliphatic heterocycles. The second-order valence-electron chi connectivity index (χ2n) is 5.21. The van der Waals surface area contributed by atoms with Crippen LogP contribution in [0.25, 0.3) is 0 Å². The van der Waals surface area contributed by atoms with Crippen LogP contribution in [0.5, 0.6) is 5.95 Å². The van der Waals surface area contributed by atoms with Crippen LogP contribution < -0.4 is 15.1 Å². The van der Waals surface area contributed by atoms with E-state index in [1.165, 1.54) is 22.0 Å². The summed E-state index contributed by atoms with van der Waals surface area (Å²) in [6.07, 6.45) is 0.307. The van der Waals surface area contributed by atoms with Gasteiger partial charge in [0.2, 0.25) is 5.91 Å². The number of aryl methyl sites for hydroxylation is 1. The van der Waals surface area contributed by atoms with Gasteiger partial charge in [0.05, 0.1) is 5.27 Å². The number of nitrogens with one attached hydrogen (secondary N) is 1. The summed E-state index contributed by atoms with van der Waals surface area (Å²) in [5, 5.41) is 18.1. The summed E-state index contributed by atoms with van der Waals surface area (Å²) in [6, 6.07) is 7.82. The molecule has 0 atom stereocenters. The van der Waals surface area contributed by atoms with Crippen molar-refractivity contribution in [3.63, 3.8) is 0 Å². The summed E-state index contributed by atoms with van der Waals surface area (Å²) in [6.45, 7) is 4.25. The lowest BCUT2D eigenvalue weighted by atomic mass is 10.0. The van der Waals surface area contributed by atoms with Gasteiger partial charge in [-0.3, -0.25) is 4.79 Å². The third-order valence-corrected chi connectivity index (χ3v) is 4.26. The number of nitrogens with zero attached hydrogens (tertiary/aromatic N) is 2. The Balaban J connectivity index is 1.80. The van der Waals surface area contributed by atoms with Gasteiger partial charge in [0, 0.05) is 17.9 Å². The van der Waals surface area contributed by atoms with Crippen molar-refractivity contribution in [1.29, 1.82) is 0 Å². The van der Waals surface area contributed by atoms with Crippen molar-refractivity contribution in [1.82, 2.24) is 5.27 Å². The highest BCUT2D eigenvalue weighted by Crippen LogP contribution is 2.22. The fourth-order valence-corrected chi connectivity index (χ4v) is 2.73. The Hall–Kier alpha value is -2.02. The summed E-state index contributed by atoms with van der Waals surface area (Å²) in [7, 11) is 1.63. The highest BCUT2D eigenvalue weighted by atomic mass is 32.2. The molecule has 7 heteroatoms. The number of amides is 1. The SMILES string of the molecule is CC(C)c1ccc(NC(=O)CCSc2c([O-])on[n+]2C)cc1. The molecular formula is C15H19N3O3S. The van der Waals surface area contributed by atoms with Crippen LogP contribution in [0.4, 0.5) is 5.69 Å². The molecule has 22 heavy (non-hydrogen) atoms. The first kappa shape index (κ1) is 16.4. The summed E-state index contributed by atoms with van der Waals surface area (Å²) in [5.74, 6) is 0.389. The number of hydrogen-bond donors (Lipinski definition) is 1. The van der Waals surface area contributed by atoms with Gasteiger partial charge in [-0.1, -0.05) is 42.4 Å². The predicted octanol–water partition coefficient (Wildman–Crippen LogP) is 1.82. The maximum Gasteiger partial charge on any atom is 0.290 e. The quantitative estimate of drug-likeness (QED) is 0.648. The van der Waals surface area contributed by atoms with Gasteiger partial charge in [0.15, 0.2) is 13.0 Å². The smallest absolute Gasteiger partial charge is 0.290 e. The lowest BCUT2D eigenvalue weighted by molar-refractivity contribution is -0.772. The maximum absolute atomic E-state index is 11.9. The molecule has 1 amide bonds. The number of hydrogen-bond acceptors (Lipinski definition) is 5. The number of anilines is 1. The number of thioether (sulfide) groups is 1. The lowest BCUT2D eigenvalue weighted by Crippen LogP contribution is -2.32. The maximum atomic E-state index is 11.9. The Kier molecular flexibility index (Phi) is 5.43. The van der Waals surface area contributed by atoms with E-state index in [9.17, 15) is 9.90 Å². The van der Waals surface area contributed by atoms with Gasteiger partial charge in [-0.25, -0.2) is 0 Å². The van der Waals surface area contributed by atoms with Crippen LogP contribution in [0.3, 0.4) is 0 Å². The van der Waals surface area contributed by atoms with Crippen LogP contribution in [-0.4, -0.2) is 16.9 Å². The highest BCUT2D eigenvalue weighted by molar-refractivity contribution is 7.99. The van der Waals surface area contributed by atoms with Crippen LogP contribution in [-0.2, 0) is 11.8 Å². The van der Waals surface area contributed by atoms with Crippen LogP contribution in [0.15, 0.2) is 33.8 Å². The Morgan fingerprint density at radius 2 is 2.09 bits per heavy atom. The summed E-state index contributed by atoms with van der Waals surface area (Å²) in [5.41, 5.74) is 2.01. The molecule has 0 saturated heterocycles. The van der Waals surface area contributed by atoms with Crippen molar-refractivity contribution in [3.05, 3.63) is 29.8 Å². The van der Waals surface area contributed by atoms with E-state index in [0.29, 0.717) is 23.1 Å². The van der Waals surface area contributed by atoms with Gasteiger partial charge in [0.25, 0.3) is 5.03 Å². The monoisotopic (exact) mass is 321 g/mol. The van der Waals surface area contributed by atoms with Gasteiger partial charge in [0.1, 0.15) is 0 Å². The van der Waals surface area contributed by atoms with Crippen molar-refractivity contribution < 1.29 is 19.1 Å². The first-order chi connectivity index (χ1) is 10.5. The molecule has 0 radical (unpaired) electrons.